The molecule has 3 amide bonds. The van der Waals surface area contributed by atoms with Crippen LogP contribution in [0, 0.1) is 13.8 Å². The zero-order valence-electron chi connectivity index (χ0n) is 22.8. The molecule has 4 rings (SSSR count). The summed E-state index contributed by atoms with van der Waals surface area (Å²) in [6.07, 6.45) is 0. The molecule has 5 N–H and O–H groups in total. The van der Waals surface area contributed by atoms with E-state index in [1.807, 2.05) is 99.6 Å². The highest BCUT2D eigenvalue weighted by Gasteiger charge is 2.36. The lowest BCUT2D eigenvalue weighted by molar-refractivity contribution is -0.122. The van der Waals surface area contributed by atoms with Gasteiger partial charge in [-0.1, -0.05) is 54.6 Å². The number of nitrogens with zero attached hydrogens (tertiary/aromatic N) is 3. The van der Waals surface area contributed by atoms with E-state index in [0.29, 0.717) is 11.3 Å². The molecule has 0 bridgehead atoms. The van der Waals surface area contributed by atoms with Crippen LogP contribution in [0.15, 0.2) is 72.8 Å². The highest BCUT2D eigenvalue weighted by atomic mass is 32.1. The van der Waals surface area contributed by atoms with Gasteiger partial charge in [0.05, 0.1) is 5.69 Å². The molecule has 0 spiro atoms. The van der Waals surface area contributed by atoms with E-state index in [0.717, 1.165) is 33.9 Å². The molecule has 0 aliphatic carbocycles. The minimum Gasteiger partial charge on any atom is -0.395 e. The number of benzene rings is 3. The third-order valence-electron chi connectivity index (χ3n) is 6.75. The molecule has 4 aromatic rings. The highest BCUT2D eigenvalue weighted by Crippen LogP contribution is 2.36. The predicted octanol–water partition coefficient (Wildman–Crippen LogP) is 4.21. The van der Waals surface area contributed by atoms with Crippen LogP contribution >= 0.6 is 11.5 Å². The second-order valence-corrected chi connectivity index (χ2v) is 10.4. The van der Waals surface area contributed by atoms with Gasteiger partial charge in [0.25, 0.3) is 11.8 Å². The molecule has 0 radical (unpaired) electrons. The number of anilines is 3. The van der Waals surface area contributed by atoms with E-state index in [-0.39, 0.29) is 28.7 Å². The number of hydrogen-bond acceptors (Lipinski definition) is 7. The Morgan fingerprint density at radius 3 is 2.23 bits per heavy atom. The third-order valence-corrected chi connectivity index (χ3v) is 7.60. The molecule has 40 heavy (non-hydrogen) atoms. The fourth-order valence-electron chi connectivity index (χ4n) is 4.36. The van der Waals surface area contributed by atoms with Crippen LogP contribution in [-0.2, 0) is 11.3 Å². The average molecular weight is 557 g/mol. The first-order chi connectivity index (χ1) is 19.1. The molecule has 0 aliphatic heterocycles. The molecule has 0 saturated carbocycles. The zero-order chi connectivity index (χ0) is 29.0. The van der Waals surface area contributed by atoms with Gasteiger partial charge in [0.15, 0.2) is 5.69 Å². The summed E-state index contributed by atoms with van der Waals surface area (Å²) in [4.78, 5) is 43.6. The Bertz CT molecular complexity index is 1530. The summed E-state index contributed by atoms with van der Waals surface area (Å²) in [7, 11) is 3.85. The number of nitrogens with two attached hydrogens (primary N) is 2. The molecular weight excluding hydrogens is 524 g/mol. The van der Waals surface area contributed by atoms with Crippen LogP contribution in [0.5, 0.6) is 0 Å². The molecule has 0 unspecified atom stereocenters. The lowest BCUT2D eigenvalue weighted by atomic mass is 9.99. The topological polar surface area (TPSA) is 135 Å². The molecule has 1 atom stereocenters. The maximum atomic E-state index is 14.3. The lowest BCUT2D eigenvalue weighted by Gasteiger charge is -2.33. The number of carbonyl (C=O) groups is 3. The van der Waals surface area contributed by atoms with Crippen molar-refractivity contribution in [1.82, 2.24) is 9.69 Å². The normalized spacial score (nSPS) is 11.5. The van der Waals surface area contributed by atoms with Crippen LogP contribution in [0.1, 0.15) is 48.5 Å². The Morgan fingerprint density at radius 2 is 1.62 bits per heavy atom. The van der Waals surface area contributed by atoms with Gasteiger partial charge in [0.2, 0.25) is 5.91 Å². The zero-order valence-corrected chi connectivity index (χ0v) is 23.7. The first kappa shape index (κ1) is 28.3. The van der Waals surface area contributed by atoms with Crippen LogP contribution in [-0.4, -0.2) is 36.2 Å². The number of rotatable bonds is 9. The molecule has 0 saturated heterocycles. The van der Waals surface area contributed by atoms with Crippen LogP contribution in [0.2, 0.25) is 0 Å². The number of carbonyl (C=O) groups excluding carboxylic acids is 3. The summed E-state index contributed by atoms with van der Waals surface area (Å²) in [5.41, 5.74) is 16.1. The van der Waals surface area contributed by atoms with Crippen LogP contribution in [0.3, 0.4) is 0 Å². The van der Waals surface area contributed by atoms with Crippen molar-refractivity contribution < 1.29 is 14.4 Å². The van der Waals surface area contributed by atoms with Gasteiger partial charge in [0.1, 0.15) is 10.9 Å². The summed E-state index contributed by atoms with van der Waals surface area (Å²) < 4.78 is 4.02. The maximum Gasteiger partial charge on any atom is 0.273 e. The first-order valence-corrected chi connectivity index (χ1v) is 13.4. The molecule has 3 aromatic carbocycles. The Morgan fingerprint density at radius 1 is 0.950 bits per heavy atom. The SMILES string of the molecule is Cc1cccc(N(C(=O)c2snc(C(N)=O)c2N)[C@@H](C(=O)NCc2ccccc2)c2ccc(N(C)C)cc2)c1C. The summed E-state index contributed by atoms with van der Waals surface area (Å²) >= 11 is 0.781. The van der Waals surface area contributed by atoms with Crippen molar-refractivity contribution in [2.24, 2.45) is 5.73 Å². The molecule has 206 valence electrons. The number of nitrogen functional groups attached to an aromatic ring is 1. The largest absolute Gasteiger partial charge is 0.395 e. The van der Waals surface area contributed by atoms with Gasteiger partial charge in [0, 0.05) is 32.0 Å². The summed E-state index contributed by atoms with van der Waals surface area (Å²) in [6.45, 7) is 4.10. The van der Waals surface area contributed by atoms with Crippen molar-refractivity contribution in [2.75, 3.05) is 29.6 Å². The standard InChI is InChI=1S/C30H32N6O3S/c1-18-9-8-12-23(19(18)2)36(30(39)27-24(31)25(28(32)37)34-40-27)26(21-13-15-22(16-14-21)35(3)4)29(38)33-17-20-10-6-5-7-11-20/h5-16,26H,17,31H2,1-4H3,(H2,32,37)(H,33,38)/t26-/m1/s1. The van der Waals surface area contributed by atoms with Crippen LogP contribution in [0.25, 0.3) is 0 Å². The minimum absolute atomic E-state index is 0.0282. The summed E-state index contributed by atoms with van der Waals surface area (Å²) in [5, 5.41) is 3.00. The van der Waals surface area contributed by atoms with E-state index in [1.165, 1.54) is 4.90 Å². The van der Waals surface area contributed by atoms with Gasteiger partial charge in [-0.2, -0.15) is 4.37 Å². The van der Waals surface area contributed by atoms with E-state index in [1.54, 1.807) is 6.07 Å². The van der Waals surface area contributed by atoms with E-state index in [2.05, 4.69) is 9.69 Å². The molecule has 1 heterocycles. The average Bonchev–Trinajstić information content (AvgIpc) is 3.34. The molecule has 9 nitrogen and oxygen atoms in total. The fourth-order valence-corrected chi connectivity index (χ4v) is 5.10. The first-order valence-electron chi connectivity index (χ1n) is 12.6. The van der Waals surface area contributed by atoms with Crippen molar-refractivity contribution in [2.45, 2.75) is 26.4 Å². The monoisotopic (exact) mass is 556 g/mol. The third kappa shape index (κ3) is 5.81. The van der Waals surface area contributed by atoms with Crippen molar-refractivity contribution in [1.29, 1.82) is 0 Å². The highest BCUT2D eigenvalue weighted by molar-refractivity contribution is 7.09. The van der Waals surface area contributed by atoms with Gasteiger partial charge in [-0.25, -0.2) is 0 Å². The second-order valence-electron chi connectivity index (χ2n) is 9.62. The number of hydrogen-bond donors (Lipinski definition) is 3. The number of primary amides is 1. The fraction of sp³-hybridized carbons (Fsp3) is 0.200. The second kappa shape index (κ2) is 12.0. The molecule has 1 aromatic heterocycles. The van der Waals surface area contributed by atoms with Gasteiger partial charge < -0.3 is 21.7 Å². The Labute approximate surface area is 237 Å². The van der Waals surface area contributed by atoms with E-state index in [4.69, 9.17) is 11.5 Å². The van der Waals surface area contributed by atoms with Gasteiger partial charge in [-0.05, 0) is 65.8 Å². The maximum absolute atomic E-state index is 14.3. The predicted molar refractivity (Wildman–Crippen MR) is 160 cm³/mol. The summed E-state index contributed by atoms with van der Waals surface area (Å²) in [5.74, 6) is -1.77. The van der Waals surface area contributed by atoms with Crippen molar-refractivity contribution in [3.8, 4) is 0 Å². The van der Waals surface area contributed by atoms with E-state index in [9.17, 15) is 14.4 Å². The Hall–Kier alpha value is -4.70. The van der Waals surface area contributed by atoms with E-state index < -0.39 is 17.9 Å². The molecular formula is C30H32N6O3S. The van der Waals surface area contributed by atoms with Crippen molar-refractivity contribution in [3.05, 3.63) is 106 Å². The number of nitrogens with one attached hydrogen (secondary N) is 1. The van der Waals surface area contributed by atoms with Gasteiger partial charge in [-0.3, -0.25) is 19.3 Å². The molecule has 0 aliphatic rings. The number of amides is 3. The van der Waals surface area contributed by atoms with Crippen molar-refractivity contribution in [3.63, 3.8) is 0 Å². The quantitative estimate of drug-likeness (QED) is 0.283. The summed E-state index contributed by atoms with van der Waals surface area (Å²) in [6, 6.07) is 21.5. The van der Waals surface area contributed by atoms with Crippen molar-refractivity contribution >= 4 is 46.3 Å². The van der Waals surface area contributed by atoms with E-state index >= 15 is 0 Å². The number of aromatic nitrogens is 1. The van der Waals surface area contributed by atoms with Gasteiger partial charge >= 0.3 is 0 Å². The van der Waals surface area contributed by atoms with Gasteiger partial charge in [-0.15, -0.1) is 0 Å². The lowest BCUT2D eigenvalue weighted by Crippen LogP contribution is -2.44. The van der Waals surface area contributed by atoms with Crippen LogP contribution in [0.4, 0.5) is 17.1 Å². The molecule has 0 fully saturated rings. The Balaban J connectivity index is 1.88. The smallest absolute Gasteiger partial charge is 0.273 e. The molecule has 10 heteroatoms. The number of aryl methyl sites for hydroxylation is 1. The Kier molecular flexibility index (Phi) is 8.49. The van der Waals surface area contributed by atoms with Crippen LogP contribution < -0.4 is 26.6 Å². The minimum atomic E-state index is -1.06.